The number of carbonyl (C=O) groups excluding carboxylic acids is 1. The van der Waals surface area contributed by atoms with Gasteiger partial charge in [0.25, 0.3) is 0 Å². The fourth-order valence-corrected chi connectivity index (χ4v) is 3.81. The predicted molar refractivity (Wildman–Crippen MR) is 124 cm³/mol. The lowest BCUT2D eigenvalue weighted by Crippen LogP contribution is -2.08. The molecule has 0 radical (unpaired) electrons. The molecule has 0 fully saturated rings. The Bertz CT molecular complexity index is 1270. The first-order chi connectivity index (χ1) is 15.5. The number of nitrogens with zero attached hydrogens (tertiary/aromatic N) is 1. The molecule has 32 heavy (non-hydrogen) atoms. The van der Waals surface area contributed by atoms with Crippen LogP contribution >= 0.6 is 0 Å². The summed E-state index contributed by atoms with van der Waals surface area (Å²) in [6.07, 6.45) is 1.62. The molecule has 1 heterocycles. The van der Waals surface area contributed by atoms with E-state index in [1.165, 1.54) is 6.92 Å². The number of ether oxygens (including phenoxy) is 2. The van der Waals surface area contributed by atoms with Crippen molar-refractivity contribution in [2.75, 3.05) is 13.2 Å². The Labute approximate surface area is 186 Å². The Balaban J connectivity index is 1.35. The van der Waals surface area contributed by atoms with E-state index in [0.717, 1.165) is 34.6 Å². The van der Waals surface area contributed by atoms with Gasteiger partial charge in [-0.15, -0.1) is 0 Å². The maximum absolute atomic E-state index is 11.5. The highest BCUT2D eigenvalue weighted by Gasteiger charge is 2.13. The van der Waals surface area contributed by atoms with E-state index in [1.54, 1.807) is 12.1 Å². The van der Waals surface area contributed by atoms with Gasteiger partial charge in [-0.05, 0) is 50.1 Å². The highest BCUT2D eigenvalue weighted by molar-refractivity contribution is 6.08. The highest BCUT2D eigenvalue weighted by Crippen LogP contribution is 2.31. The number of hydrogen-bond donors (Lipinski definition) is 1. The van der Waals surface area contributed by atoms with Crippen molar-refractivity contribution in [3.8, 4) is 11.5 Å². The molecule has 0 aliphatic rings. The second-order valence-corrected chi connectivity index (χ2v) is 7.66. The summed E-state index contributed by atoms with van der Waals surface area (Å²) in [5.41, 5.74) is 2.38. The minimum Gasteiger partial charge on any atom is -0.494 e. The number of carboxylic acid groups (broad SMARTS) is 1. The molecule has 4 rings (SSSR count). The number of Topliss-reactive ketones (excluding diaryl/α,β-unsaturated/α-hetero) is 1. The molecule has 1 aromatic heterocycles. The SMILES string of the molecule is CC(=O)c1cccc(OCCCCOc2ccc3c4ccccc4n(CC(=O)O)c3c2)c1. The summed E-state index contributed by atoms with van der Waals surface area (Å²) < 4.78 is 13.4. The summed E-state index contributed by atoms with van der Waals surface area (Å²) >= 11 is 0. The molecule has 0 saturated heterocycles. The van der Waals surface area contributed by atoms with E-state index in [0.29, 0.717) is 30.3 Å². The predicted octanol–water partition coefficient (Wildman–Crippen LogP) is 5.32. The van der Waals surface area contributed by atoms with Gasteiger partial charge in [-0.2, -0.15) is 0 Å². The molecule has 0 bridgehead atoms. The molecule has 0 aliphatic carbocycles. The molecule has 6 nitrogen and oxygen atoms in total. The van der Waals surface area contributed by atoms with E-state index in [9.17, 15) is 14.7 Å². The van der Waals surface area contributed by atoms with Crippen molar-refractivity contribution < 1.29 is 24.2 Å². The van der Waals surface area contributed by atoms with E-state index in [-0.39, 0.29) is 12.3 Å². The molecule has 0 aliphatic heterocycles. The van der Waals surface area contributed by atoms with Crippen molar-refractivity contribution >= 4 is 33.6 Å². The first-order valence-electron chi connectivity index (χ1n) is 10.6. The molecule has 3 aromatic carbocycles. The van der Waals surface area contributed by atoms with Crippen LogP contribution in [0, 0.1) is 0 Å². The number of fused-ring (bicyclic) bond motifs is 3. The zero-order valence-electron chi connectivity index (χ0n) is 17.9. The smallest absolute Gasteiger partial charge is 0.323 e. The zero-order chi connectivity index (χ0) is 22.5. The maximum Gasteiger partial charge on any atom is 0.323 e. The summed E-state index contributed by atoms with van der Waals surface area (Å²) in [7, 11) is 0. The molecule has 0 amide bonds. The average molecular weight is 431 g/mol. The van der Waals surface area contributed by atoms with Crippen molar-refractivity contribution in [3.63, 3.8) is 0 Å². The number of benzene rings is 3. The van der Waals surface area contributed by atoms with Crippen LogP contribution in [0.2, 0.25) is 0 Å². The van der Waals surface area contributed by atoms with Crippen LogP contribution < -0.4 is 9.47 Å². The van der Waals surface area contributed by atoms with Crippen LogP contribution in [0.15, 0.2) is 66.7 Å². The number of ketones is 1. The average Bonchev–Trinajstić information content (AvgIpc) is 3.09. The Morgan fingerprint density at radius 1 is 0.812 bits per heavy atom. The fourth-order valence-electron chi connectivity index (χ4n) is 3.81. The molecular weight excluding hydrogens is 406 g/mol. The van der Waals surface area contributed by atoms with Crippen LogP contribution in [-0.4, -0.2) is 34.6 Å². The van der Waals surface area contributed by atoms with E-state index in [4.69, 9.17) is 9.47 Å². The number of carbonyl (C=O) groups is 2. The van der Waals surface area contributed by atoms with Gasteiger partial charge in [0, 0.05) is 27.9 Å². The van der Waals surface area contributed by atoms with Gasteiger partial charge in [0.15, 0.2) is 5.78 Å². The van der Waals surface area contributed by atoms with Crippen molar-refractivity contribution in [2.45, 2.75) is 26.3 Å². The third-order valence-corrected chi connectivity index (χ3v) is 5.36. The minimum atomic E-state index is -0.882. The summed E-state index contributed by atoms with van der Waals surface area (Å²) in [6.45, 7) is 2.50. The number of aromatic nitrogens is 1. The standard InChI is InChI=1S/C26H25NO5/c1-18(28)19-7-6-8-20(15-19)31-13-4-5-14-32-21-11-12-23-22-9-2-3-10-24(22)27(17-26(29)30)25(23)16-21/h2-3,6-12,15-16H,4-5,13-14,17H2,1H3,(H,29,30). The fraction of sp³-hybridized carbons (Fsp3) is 0.231. The molecule has 0 atom stereocenters. The quantitative estimate of drug-likeness (QED) is 0.272. The lowest BCUT2D eigenvalue weighted by atomic mass is 10.1. The summed E-state index contributed by atoms with van der Waals surface area (Å²) in [6, 6.07) is 20.8. The Morgan fingerprint density at radius 2 is 1.50 bits per heavy atom. The van der Waals surface area contributed by atoms with Gasteiger partial charge in [0.1, 0.15) is 18.0 Å². The number of para-hydroxylation sites is 1. The molecule has 4 aromatic rings. The summed E-state index contributed by atoms with van der Waals surface area (Å²) in [5.74, 6) is 0.536. The van der Waals surface area contributed by atoms with Crippen LogP contribution in [-0.2, 0) is 11.3 Å². The van der Waals surface area contributed by atoms with Gasteiger partial charge in [-0.25, -0.2) is 0 Å². The van der Waals surface area contributed by atoms with Crippen LogP contribution in [0.25, 0.3) is 21.8 Å². The van der Waals surface area contributed by atoms with Crippen molar-refractivity contribution in [2.24, 2.45) is 0 Å². The highest BCUT2D eigenvalue weighted by atomic mass is 16.5. The Morgan fingerprint density at radius 3 is 2.22 bits per heavy atom. The van der Waals surface area contributed by atoms with Crippen LogP contribution in [0.1, 0.15) is 30.1 Å². The van der Waals surface area contributed by atoms with Gasteiger partial charge in [0.2, 0.25) is 0 Å². The van der Waals surface area contributed by atoms with Gasteiger partial charge in [0.05, 0.1) is 18.7 Å². The number of aliphatic carboxylic acids is 1. The zero-order valence-corrected chi connectivity index (χ0v) is 17.9. The van der Waals surface area contributed by atoms with E-state index in [2.05, 4.69) is 0 Å². The Kier molecular flexibility index (Phi) is 6.40. The summed E-state index contributed by atoms with van der Waals surface area (Å²) in [5, 5.41) is 11.4. The number of carboxylic acids is 1. The first-order valence-corrected chi connectivity index (χ1v) is 10.6. The normalized spacial score (nSPS) is 11.0. The van der Waals surface area contributed by atoms with Crippen LogP contribution in [0.3, 0.4) is 0 Å². The third-order valence-electron chi connectivity index (χ3n) is 5.36. The molecule has 6 heteroatoms. The molecule has 1 N–H and O–H groups in total. The molecule has 0 unspecified atom stereocenters. The second-order valence-electron chi connectivity index (χ2n) is 7.66. The summed E-state index contributed by atoms with van der Waals surface area (Å²) in [4.78, 5) is 22.8. The minimum absolute atomic E-state index is 0.0169. The van der Waals surface area contributed by atoms with Gasteiger partial charge in [-0.1, -0.05) is 30.3 Å². The first kappa shape index (κ1) is 21.4. The Hall–Kier alpha value is -3.80. The molecule has 164 valence electrons. The molecule has 0 saturated carbocycles. The van der Waals surface area contributed by atoms with Crippen molar-refractivity contribution in [3.05, 3.63) is 72.3 Å². The monoisotopic (exact) mass is 431 g/mol. The van der Waals surface area contributed by atoms with Crippen molar-refractivity contribution in [1.29, 1.82) is 0 Å². The van der Waals surface area contributed by atoms with E-state index < -0.39 is 5.97 Å². The van der Waals surface area contributed by atoms with E-state index in [1.807, 2.05) is 59.2 Å². The maximum atomic E-state index is 11.5. The second kappa shape index (κ2) is 9.56. The largest absolute Gasteiger partial charge is 0.494 e. The number of rotatable bonds is 10. The lowest BCUT2D eigenvalue weighted by molar-refractivity contribution is -0.137. The van der Waals surface area contributed by atoms with Gasteiger partial charge < -0.3 is 19.1 Å². The van der Waals surface area contributed by atoms with Crippen molar-refractivity contribution in [1.82, 2.24) is 4.57 Å². The number of unbranched alkanes of at least 4 members (excludes halogenated alkanes) is 1. The third kappa shape index (κ3) is 4.75. The van der Waals surface area contributed by atoms with Crippen LogP contribution in [0.5, 0.6) is 11.5 Å². The molecule has 0 spiro atoms. The lowest BCUT2D eigenvalue weighted by Gasteiger charge is -2.09. The molecular formula is C26H25NO5. The van der Waals surface area contributed by atoms with Crippen LogP contribution in [0.4, 0.5) is 0 Å². The van der Waals surface area contributed by atoms with Gasteiger partial charge >= 0.3 is 5.97 Å². The topological polar surface area (TPSA) is 77.8 Å². The van der Waals surface area contributed by atoms with E-state index >= 15 is 0 Å². The van der Waals surface area contributed by atoms with Gasteiger partial charge in [-0.3, -0.25) is 9.59 Å². The number of hydrogen-bond acceptors (Lipinski definition) is 4.